The Labute approximate surface area is 183 Å². The van der Waals surface area contributed by atoms with E-state index in [1.54, 1.807) is 19.2 Å². The molecule has 0 bridgehead atoms. The van der Waals surface area contributed by atoms with Gasteiger partial charge in [-0.25, -0.2) is 9.37 Å². The maximum Gasteiger partial charge on any atom is 0.191 e. The van der Waals surface area contributed by atoms with Gasteiger partial charge in [-0.1, -0.05) is 24.3 Å². The number of nitrogens with zero attached hydrogens (tertiary/aromatic N) is 4. The largest absolute Gasteiger partial charge is 0.354 e. The Morgan fingerprint density at radius 1 is 1.07 bits per heavy atom. The van der Waals surface area contributed by atoms with Crippen molar-refractivity contribution in [1.82, 2.24) is 20.5 Å². The monoisotopic (exact) mass is 498 g/mol. The van der Waals surface area contributed by atoms with E-state index in [4.69, 9.17) is 0 Å². The van der Waals surface area contributed by atoms with Crippen LogP contribution in [0.1, 0.15) is 11.1 Å². The molecule has 1 aliphatic heterocycles. The average molecular weight is 498 g/mol. The number of halogens is 2. The summed E-state index contributed by atoms with van der Waals surface area (Å²) in [7, 11) is 3.85. The summed E-state index contributed by atoms with van der Waals surface area (Å²) in [6.45, 7) is 5.13. The Morgan fingerprint density at radius 2 is 1.79 bits per heavy atom. The minimum atomic E-state index is -0.218. The number of aliphatic imine (C=N–C) groups is 1. The van der Waals surface area contributed by atoms with Crippen LogP contribution >= 0.6 is 24.0 Å². The third kappa shape index (κ3) is 6.30. The zero-order valence-electron chi connectivity index (χ0n) is 16.4. The lowest BCUT2D eigenvalue weighted by Gasteiger charge is -2.33. The summed E-state index contributed by atoms with van der Waals surface area (Å²) in [5.41, 5.74) is 1.68. The first-order chi connectivity index (χ1) is 13.2. The predicted octanol–water partition coefficient (Wildman–Crippen LogP) is 2.46. The summed E-state index contributed by atoms with van der Waals surface area (Å²) < 4.78 is 13.7. The van der Waals surface area contributed by atoms with E-state index in [2.05, 4.69) is 49.6 Å². The van der Waals surface area contributed by atoms with Crippen LogP contribution in [0.25, 0.3) is 0 Å². The molecule has 0 radical (unpaired) electrons. The summed E-state index contributed by atoms with van der Waals surface area (Å²) in [5.74, 6) is 1.43. The molecule has 2 aromatic rings. The van der Waals surface area contributed by atoms with Crippen LogP contribution in [-0.4, -0.2) is 56.1 Å². The Balaban J connectivity index is 0.00000280. The van der Waals surface area contributed by atoms with Crippen LogP contribution in [0.2, 0.25) is 0 Å². The van der Waals surface area contributed by atoms with E-state index in [1.165, 1.54) is 6.07 Å². The van der Waals surface area contributed by atoms with E-state index in [-0.39, 0.29) is 29.8 Å². The number of nitrogens with one attached hydrogen (secondary N) is 2. The number of hydrogen-bond donors (Lipinski definition) is 2. The number of hydrogen-bond acceptors (Lipinski definition) is 4. The van der Waals surface area contributed by atoms with Crippen LogP contribution in [0, 0.1) is 5.82 Å². The number of piperazine rings is 1. The lowest BCUT2D eigenvalue weighted by molar-refractivity contribution is 0.312. The minimum Gasteiger partial charge on any atom is -0.354 e. The number of guanidine groups is 1. The number of rotatable bonds is 5. The third-order valence-electron chi connectivity index (χ3n) is 4.72. The van der Waals surface area contributed by atoms with Crippen LogP contribution in [0.5, 0.6) is 0 Å². The van der Waals surface area contributed by atoms with Gasteiger partial charge in [-0.3, -0.25) is 4.99 Å². The molecular formula is C20H28FIN6. The SMILES string of the molecule is CN=C(NCc1ccc(N2CCN(C)CC2)nc1)NCc1ccccc1F.I. The Bertz CT molecular complexity index is 760. The molecule has 6 nitrogen and oxygen atoms in total. The van der Waals surface area contributed by atoms with Gasteiger partial charge in [-0.2, -0.15) is 0 Å². The Hall–Kier alpha value is -1.94. The van der Waals surface area contributed by atoms with Crippen LogP contribution < -0.4 is 15.5 Å². The van der Waals surface area contributed by atoms with E-state index >= 15 is 0 Å². The van der Waals surface area contributed by atoms with Gasteiger partial charge in [0.1, 0.15) is 11.6 Å². The molecule has 1 aliphatic rings. The maximum atomic E-state index is 13.7. The molecule has 1 aromatic heterocycles. The van der Waals surface area contributed by atoms with Gasteiger partial charge >= 0.3 is 0 Å². The van der Waals surface area contributed by atoms with Crippen LogP contribution in [-0.2, 0) is 13.1 Å². The highest BCUT2D eigenvalue weighted by atomic mass is 127. The first-order valence-electron chi connectivity index (χ1n) is 9.22. The highest BCUT2D eigenvalue weighted by Gasteiger charge is 2.14. The van der Waals surface area contributed by atoms with Gasteiger partial charge in [-0.05, 0) is 24.7 Å². The topological polar surface area (TPSA) is 55.8 Å². The molecule has 28 heavy (non-hydrogen) atoms. The predicted molar refractivity (Wildman–Crippen MR) is 123 cm³/mol. The highest BCUT2D eigenvalue weighted by molar-refractivity contribution is 14.0. The van der Waals surface area contributed by atoms with Gasteiger partial charge in [0.25, 0.3) is 0 Å². The molecule has 152 valence electrons. The van der Waals surface area contributed by atoms with Crippen molar-refractivity contribution in [3.8, 4) is 0 Å². The Kier molecular flexibility index (Phi) is 8.91. The molecule has 2 N–H and O–H groups in total. The van der Waals surface area contributed by atoms with Crippen molar-refractivity contribution in [3.63, 3.8) is 0 Å². The molecule has 3 rings (SSSR count). The second-order valence-electron chi connectivity index (χ2n) is 6.69. The zero-order valence-corrected chi connectivity index (χ0v) is 18.7. The van der Waals surface area contributed by atoms with Gasteiger partial charge in [0.15, 0.2) is 5.96 Å². The van der Waals surface area contributed by atoms with E-state index in [1.807, 2.05) is 12.3 Å². The molecule has 0 saturated carbocycles. The van der Waals surface area contributed by atoms with Gasteiger partial charge in [0.2, 0.25) is 0 Å². The highest BCUT2D eigenvalue weighted by Crippen LogP contribution is 2.13. The van der Waals surface area contributed by atoms with Crippen molar-refractivity contribution >= 4 is 35.8 Å². The standard InChI is InChI=1S/C20H27FN6.HI/c1-22-20(25-15-17-5-3-4-6-18(17)21)24-14-16-7-8-19(23-13-16)27-11-9-26(2)10-12-27;/h3-8,13H,9-12,14-15H2,1-2H3,(H2,22,24,25);1H. The van der Waals surface area contributed by atoms with Crippen molar-refractivity contribution in [2.75, 3.05) is 45.2 Å². The zero-order chi connectivity index (χ0) is 19.1. The van der Waals surface area contributed by atoms with Crippen molar-refractivity contribution in [3.05, 3.63) is 59.5 Å². The smallest absolute Gasteiger partial charge is 0.191 e. The summed E-state index contributed by atoms with van der Waals surface area (Å²) in [5, 5.41) is 6.37. The Morgan fingerprint density at radius 3 is 2.43 bits per heavy atom. The molecular weight excluding hydrogens is 470 g/mol. The second-order valence-corrected chi connectivity index (χ2v) is 6.69. The summed E-state index contributed by atoms with van der Waals surface area (Å²) in [6.07, 6.45) is 1.89. The van der Waals surface area contributed by atoms with Gasteiger partial charge in [0, 0.05) is 58.1 Å². The third-order valence-corrected chi connectivity index (χ3v) is 4.72. The van der Waals surface area contributed by atoms with Crippen molar-refractivity contribution in [1.29, 1.82) is 0 Å². The van der Waals surface area contributed by atoms with E-state index in [9.17, 15) is 4.39 Å². The normalized spacial score (nSPS) is 15.1. The maximum absolute atomic E-state index is 13.7. The summed E-state index contributed by atoms with van der Waals surface area (Å²) in [6, 6.07) is 10.9. The van der Waals surface area contributed by atoms with Crippen molar-refractivity contribution < 1.29 is 4.39 Å². The van der Waals surface area contributed by atoms with Crippen molar-refractivity contribution in [2.24, 2.45) is 4.99 Å². The molecule has 1 aromatic carbocycles. The average Bonchev–Trinajstić information content (AvgIpc) is 2.70. The van der Waals surface area contributed by atoms with Gasteiger partial charge < -0.3 is 20.4 Å². The molecule has 0 unspecified atom stereocenters. The molecule has 0 atom stereocenters. The first kappa shape index (κ1) is 22.4. The fourth-order valence-electron chi connectivity index (χ4n) is 2.97. The molecule has 1 saturated heterocycles. The van der Waals surface area contributed by atoms with Gasteiger partial charge in [0.05, 0.1) is 0 Å². The lowest BCUT2D eigenvalue weighted by Crippen LogP contribution is -2.44. The number of benzene rings is 1. The molecule has 0 amide bonds. The number of anilines is 1. The second kappa shape index (κ2) is 11.2. The van der Waals surface area contributed by atoms with E-state index in [0.29, 0.717) is 24.6 Å². The molecule has 0 spiro atoms. The van der Waals surface area contributed by atoms with Gasteiger partial charge in [-0.15, -0.1) is 24.0 Å². The number of pyridine rings is 1. The fourth-order valence-corrected chi connectivity index (χ4v) is 2.97. The summed E-state index contributed by atoms with van der Waals surface area (Å²) in [4.78, 5) is 13.4. The van der Waals surface area contributed by atoms with Crippen LogP contribution in [0.4, 0.5) is 10.2 Å². The van der Waals surface area contributed by atoms with Crippen molar-refractivity contribution in [2.45, 2.75) is 13.1 Å². The number of likely N-dealkylation sites (N-methyl/N-ethyl adjacent to an activating group) is 1. The molecule has 8 heteroatoms. The minimum absolute atomic E-state index is 0. The van der Waals surface area contributed by atoms with E-state index in [0.717, 1.165) is 37.6 Å². The van der Waals surface area contributed by atoms with Crippen LogP contribution in [0.15, 0.2) is 47.6 Å². The first-order valence-corrected chi connectivity index (χ1v) is 9.22. The number of aromatic nitrogens is 1. The molecule has 1 fully saturated rings. The van der Waals surface area contributed by atoms with Crippen LogP contribution in [0.3, 0.4) is 0 Å². The summed E-state index contributed by atoms with van der Waals surface area (Å²) >= 11 is 0. The lowest BCUT2D eigenvalue weighted by atomic mass is 10.2. The molecule has 2 heterocycles. The van der Waals surface area contributed by atoms with E-state index < -0.39 is 0 Å². The fraction of sp³-hybridized carbons (Fsp3) is 0.400. The quantitative estimate of drug-likeness (QED) is 0.377. The molecule has 0 aliphatic carbocycles.